The zero-order valence-corrected chi connectivity index (χ0v) is 23.3. The van der Waals surface area contributed by atoms with Gasteiger partial charge in [-0.05, 0) is 36.0 Å². The largest absolute Gasteiger partial charge is 0.394 e. The summed E-state index contributed by atoms with van der Waals surface area (Å²) in [5.41, 5.74) is 4.55. The van der Waals surface area contributed by atoms with E-state index in [2.05, 4.69) is 49.9 Å². The van der Waals surface area contributed by atoms with E-state index in [4.69, 9.17) is 4.74 Å². The molecule has 3 heterocycles. The van der Waals surface area contributed by atoms with Gasteiger partial charge in [0.05, 0.1) is 19.0 Å². The fraction of sp³-hybridized carbons (Fsp3) is 0.273. The Kier molecular flexibility index (Phi) is 8.48. The number of aliphatic hydroxyl groups is 1. The van der Waals surface area contributed by atoms with Crippen LogP contribution in [0.3, 0.4) is 0 Å². The number of ether oxygens (including phenoxy) is 1. The predicted molar refractivity (Wildman–Crippen MR) is 161 cm³/mol. The van der Waals surface area contributed by atoms with Crippen LogP contribution in [0.15, 0.2) is 97.3 Å². The summed E-state index contributed by atoms with van der Waals surface area (Å²) in [6.45, 7) is 0.954. The summed E-state index contributed by atoms with van der Waals surface area (Å²) in [7, 11) is 0. The molecule has 2 atom stereocenters. The van der Waals surface area contributed by atoms with Gasteiger partial charge < -0.3 is 20.5 Å². The summed E-state index contributed by atoms with van der Waals surface area (Å²) in [6, 6.07) is 30.6. The second-order valence-electron chi connectivity index (χ2n) is 10.4. The van der Waals surface area contributed by atoms with Gasteiger partial charge in [-0.25, -0.2) is 15.0 Å². The van der Waals surface area contributed by atoms with Crippen LogP contribution in [-0.4, -0.2) is 56.3 Å². The monoisotopic (exact) mass is 562 g/mol. The number of nitrogens with zero attached hydrogens (tertiary/aromatic N) is 4. The van der Waals surface area contributed by atoms with E-state index in [1.807, 2.05) is 71.3 Å². The van der Waals surface area contributed by atoms with E-state index >= 15 is 0 Å². The van der Waals surface area contributed by atoms with Gasteiger partial charge in [0.15, 0.2) is 17.0 Å². The minimum absolute atomic E-state index is 0.0413. The van der Waals surface area contributed by atoms with Crippen LogP contribution in [0.5, 0.6) is 0 Å². The standard InChI is InChI=1S/C33H34N6O3/c40-21-26-16-17-28(42-26)39-22-36-29-30(35-20-27(24-12-6-2-7-13-24)25-14-8-3-9-15-25)37-31(38-32(29)39)33(41)34-19-18-23-10-4-1-5-11-23/h1-15,22,26-28,40H,16-21H2,(H,34,41)(H,35,37,38). The topological polar surface area (TPSA) is 114 Å². The van der Waals surface area contributed by atoms with Crippen LogP contribution in [-0.2, 0) is 11.2 Å². The predicted octanol–water partition coefficient (Wildman–Crippen LogP) is 4.71. The quantitative estimate of drug-likeness (QED) is 0.214. The number of anilines is 1. The molecule has 2 aromatic heterocycles. The molecule has 0 saturated carbocycles. The molecule has 1 saturated heterocycles. The van der Waals surface area contributed by atoms with Crippen LogP contribution in [0.2, 0.25) is 0 Å². The van der Waals surface area contributed by atoms with Crippen LogP contribution in [0.1, 0.15) is 52.3 Å². The zero-order valence-electron chi connectivity index (χ0n) is 23.3. The third-order valence-corrected chi connectivity index (χ3v) is 7.64. The third-order valence-electron chi connectivity index (χ3n) is 7.64. The molecule has 3 aromatic carbocycles. The number of benzene rings is 3. The van der Waals surface area contributed by atoms with E-state index in [0.29, 0.717) is 42.9 Å². The fourth-order valence-electron chi connectivity index (χ4n) is 5.42. The Bertz CT molecular complexity index is 1570. The SMILES string of the molecule is O=C(NCCc1ccccc1)c1nc(NCC(c2ccccc2)c2ccccc2)c2ncn(C3CCC(CO)O3)c2n1. The summed E-state index contributed by atoms with van der Waals surface area (Å²) < 4.78 is 7.86. The molecule has 5 aromatic rings. The second-order valence-corrected chi connectivity index (χ2v) is 10.4. The minimum Gasteiger partial charge on any atom is -0.394 e. The van der Waals surface area contributed by atoms with Gasteiger partial charge in [0, 0.05) is 19.0 Å². The number of nitrogens with one attached hydrogen (secondary N) is 2. The van der Waals surface area contributed by atoms with Crippen molar-refractivity contribution >= 4 is 22.9 Å². The van der Waals surface area contributed by atoms with E-state index in [0.717, 1.165) is 12.0 Å². The summed E-state index contributed by atoms with van der Waals surface area (Å²) in [4.78, 5) is 27.3. The summed E-state index contributed by atoms with van der Waals surface area (Å²) in [6.07, 6.45) is 3.27. The average molecular weight is 563 g/mol. The molecule has 1 fully saturated rings. The van der Waals surface area contributed by atoms with Gasteiger partial charge in [-0.2, -0.15) is 0 Å². The number of imidazole rings is 1. The smallest absolute Gasteiger partial charge is 0.289 e. The summed E-state index contributed by atoms with van der Waals surface area (Å²) in [5.74, 6) is 0.242. The number of hydrogen-bond acceptors (Lipinski definition) is 7. The van der Waals surface area contributed by atoms with Gasteiger partial charge in [0.1, 0.15) is 6.23 Å². The molecule has 2 unspecified atom stereocenters. The number of carbonyl (C=O) groups is 1. The lowest BCUT2D eigenvalue weighted by Crippen LogP contribution is -2.28. The molecule has 0 spiro atoms. The molecule has 1 aliphatic heterocycles. The lowest BCUT2D eigenvalue weighted by Gasteiger charge is -2.20. The molecule has 0 aliphatic carbocycles. The first-order valence-electron chi connectivity index (χ1n) is 14.4. The number of carbonyl (C=O) groups excluding carboxylic acids is 1. The van der Waals surface area contributed by atoms with Crippen molar-refractivity contribution < 1.29 is 14.6 Å². The van der Waals surface area contributed by atoms with Crippen molar-refractivity contribution in [3.8, 4) is 0 Å². The second kappa shape index (κ2) is 12.9. The maximum atomic E-state index is 13.3. The Morgan fingerprint density at radius 2 is 1.60 bits per heavy atom. The first kappa shape index (κ1) is 27.6. The molecule has 3 N–H and O–H groups in total. The Hall–Kier alpha value is -4.60. The highest BCUT2D eigenvalue weighted by Crippen LogP contribution is 2.32. The van der Waals surface area contributed by atoms with E-state index in [1.54, 1.807) is 6.33 Å². The van der Waals surface area contributed by atoms with Crippen molar-refractivity contribution in [2.45, 2.75) is 37.5 Å². The first-order valence-corrected chi connectivity index (χ1v) is 14.4. The van der Waals surface area contributed by atoms with Crippen LogP contribution < -0.4 is 10.6 Å². The van der Waals surface area contributed by atoms with Crippen molar-refractivity contribution in [3.05, 3.63) is 120 Å². The zero-order chi connectivity index (χ0) is 28.7. The molecule has 6 rings (SSSR count). The lowest BCUT2D eigenvalue weighted by atomic mass is 9.91. The Morgan fingerprint density at radius 1 is 0.929 bits per heavy atom. The lowest BCUT2D eigenvalue weighted by molar-refractivity contribution is -0.0207. The number of hydrogen-bond donors (Lipinski definition) is 3. The van der Waals surface area contributed by atoms with Crippen LogP contribution in [0.4, 0.5) is 5.82 Å². The van der Waals surface area contributed by atoms with Gasteiger partial charge in [-0.1, -0.05) is 91.0 Å². The number of aromatic nitrogens is 4. The van der Waals surface area contributed by atoms with Crippen molar-refractivity contribution in [2.24, 2.45) is 0 Å². The van der Waals surface area contributed by atoms with Crippen molar-refractivity contribution in [1.82, 2.24) is 24.8 Å². The van der Waals surface area contributed by atoms with E-state index in [9.17, 15) is 9.90 Å². The van der Waals surface area contributed by atoms with Crippen LogP contribution in [0.25, 0.3) is 11.2 Å². The molecular formula is C33H34N6O3. The molecule has 214 valence electrons. The average Bonchev–Trinajstić information content (AvgIpc) is 3.70. The highest BCUT2D eigenvalue weighted by Gasteiger charge is 2.29. The number of rotatable bonds is 11. The summed E-state index contributed by atoms with van der Waals surface area (Å²) >= 11 is 0. The van der Waals surface area contributed by atoms with Crippen molar-refractivity contribution in [2.75, 3.05) is 25.0 Å². The Balaban J connectivity index is 1.30. The molecule has 0 radical (unpaired) electrons. The van der Waals surface area contributed by atoms with Gasteiger partial charge in [0.2, 0.25) is 5.82 Å². The minimum atomic E-state index is -0.355. The van der Waals surface area contributed by atoms with Crippen molar-refractivity contribution in [3.63, 3.8) is 0 Å². The van der Waals surface area contributed by atoms with E-state index in [1.165, 1.54) is 11.1 Å². The highest BCUT2D eigenvalue weighted by molar-refractivity contribution is 5.94. The first-order chi connectivity index (χ1) is 20.7. The molecular weight excluding hydrogens is 528 g/mol. The number of amides is 1. The molecule has 1 amide bonds. The fourth-order valence-corrected chi connectivity index (χ4v) is 5.42. The maximum absolute atomic E-state index is 13.3. The molecule has 0 bridgehead atoms. The van der Waals surface area contributed by atoms with E-state index in [-0.39, 0.29) is 36.6 Å². The molecule has 1 aliphatic rings. The molecule has 9 nitrogen and oxygen atoms in total. The molecule has 42 heavy (non-hydrogen) atoms. The van der Waals surface area contributed by atoms with Crippen LogP contribution in [0, 0.1) is 0 Å². The maximum Gasteiger partial charge on any atom is 0.289 e. The van der Waals surface area contributed by atoms with Crippen LogP contribution >= 0.6 is 0 Å². The number of fused-ring (bicyclic) bond motifs is 1. The Labute approximate surface area is 244 Å². The van der Waals surface area contributed by atoms with Gasteiger partial charge >= 0.3 is 0 Å². The third kappa shape index (κ3) is 6.17. The van der Waals surface area contributed by atoms with Gasteiger partial charge in [0.25, 0.3) is 5.91 Å². The normalized spacial score (nSPS) is 16.6. The van der Waals surface area contributed by atoms with Gasteiger partial charge in [-0.15, -0.1) is 0 Å². The number of aliphatic hydroxyl groups excluding tert-OH is 1. The van der Waals surface area contributed by atoms with Crippen molar-refractivity contribution in [1.29, 1.82) is 0 Å². The van der Waals surface area contributed by atoms with E-state index < -0.39 is 0 Å². The molecule has 9 heteroatoms. The van der Waals surface area contributed by atoms with Gasteiger partial charge in [-0.3, -0.25) is 9.36 Å². The Morgan fingerprint density at radius 3 is 2.24 bits per heavy atom. The summed E-state index contributed by atoms with van der Waals surface area (Å²) in [5, 5.41) is 16.1. The highest BCUT2D eigenvalue weighted by atomic mass is 16.5.